The van der Waals surface area contributed by atoms with Crippen LogP contribution in [0.15, 0.2) is 24.3 Å². The van der Waals surface area contributed by atoms with Crippen molar-refractivity contribution in [2.45, 2.75) is 82.5 Å². The number of nitrogens with zero attached hydrogens (tertiary/aromatic N) is 1. The van der Waals surface area contributed by atoms with Gasteiger partial charge in [0, 0.05) is 19.4 Å². The number of ether oxygens (including phenoxy) is 1. The summed E-state index contributed by atoms with van der Waals surface area (Å²) in [5, 5.41) is 16.9. The largest absolute Gasteiger partial charge is 0.497 e. The van der Waals surface area contributed by atoms with Gasteiger partial charge in [-0.05, 0) is 50.3 Å². The van der Waals surface area contributed by atoms with E-state index in [1.165, 1.54) is 4.90 Å². The lowest BCUT2D eigenvalue weighted by Gasteiger charge is -2.31. The van der Waals surface area contributed by atoms with Crippen LogP contribution >= 0.6 is 0 Å². The highest BCUT2D eigenvalue weighted by Gasteiger charge is 2.39. The lowest BCUT2D eigenvalue weighted by molar-refractivity contribution is -0.143. The molecule has 0 radical (unpaired) electrons. The summed E-state index contributed by atoms with van der Waals surface area (Å²) in [6.07, 6.45) is 3.33. The Morgan fingerprint density at radius 1 is 1.00 bits per heavy atom. The second-order valence-corrected chi connectivity index (χ2v) is 9.73. The zero-order valence-corrected chi connectivity index (χ0v) is 21.8. The van der Waals surface area contributed by atoms with Gasteiger partial charge in [0.25, 0.3) is 0 Å². The maximum Gasteiger partial charge on any atom is 0.245 e. The molecule has 208 valence electrons. The fraction of sp³-hybridized carbons (Fsp3) is 0.577. The number of unbranched alkanes of at least 4 members (excludes halogenated alkanes) is 2. The molecule has 0 unspecified atom stereocenters. The van der Waals surface area contributed by atoms with Crippen LogP contribution in [0, 0.1) is 0 Å². The highest BCUT2D eigenvalue weighted by Crippen LogP contribution is 2.20. The topological polar surface area (TPSA) is 166 Å². The van der Waals surface area contributed by atoms with Gasteiger partial charge in [-0.15, -0.1) is 0 Å². The predicted molar refractivity (Wildman–Crippen MR) is 136 cm³/mol. The van der Waals surface area contributed by atoms with E-state index in [2.05, 4.69) is 16.0 Å². The smallest absolute Gasteiger partial charge is 0.245 e. The lowest BCUT2D eigenvalue weighted by Crippen LogP contribution is -2.61. The van der Waals surface area contributed by atoms with Gasteiger partial charge in [0.15, 0.2) is 0 Å². The Bertz CT molecular complexity index is 1020. The number of carbonyl (C=O) groups excluding carboxylic acids is 5. The molecule has 0 bridgehead atoms. The molecule has 4 atom stereocenters. The summed E-state index contributed by atoms with van der Waals surface area (Å²) in [7, 11) is 1.55. The average Bonchev–Trinajstić information content (AvgIpc) is 3.41. The van der Waals surface area contributed by atoms with Gasteiger partial charge < -0.3 is 25.6 Å². The summed E-state index contributed by atoms with van der Waals surface area (Å²) >= 11 is 0. The molecule has 5 amide bonds. The Hall–Kier alpha value is -3.67. The number of hydroxylamine groups is 1. The van der Waals surface area contributed by atoms with E-state index in [1.54, 1.807) is 43.8 Å². The fourth-order valence-corrected chi connectivity index (χ4v) is 4.81. The number of amides is 5. The molecule has 0 spiro atoms. The molecule has 2 heterocycles. The first-order chi connectivity index (χ1) is 18.2. The average molecular weight is 532 g/mol. The number of carbonyl (C=O) groups is 5. The van der Waals surface area contributed by atoms with E-state index in [9.17, 15) is 24.0 Å². The zero-order valence-electron chi connectivity index (χ0n) is 21.8. The summed E-state index contributed by atoms with van der Waals surface area (Å²) in [6.45, 7) is 1.97. The van der Waals surface area contributed by atoms with Crippen molar-refractivity contribution >= 4 is 29.5 Å². The molecule has 2 aliphatic rings. The molecule has 12 nitrogen and oxygen atoms in total. The highest BCUT2D eigenvalue weighted by molar-refractivity contribution is 5.97. The molecule has 2 saturated heterocycles. The summed E-state index contributed by atoms with van der Waals surface area (Å²) in [5.74, 6) is -1.57. The standard InChI is InChI=1S/C26H37N5O7/c1-16-26(36)31-14-6-8-21(31)25(35)28-19(7-4-3-5-9-22(32)30-37)23(33)29-20(24(34)27-16)15-17-10-12-18(38-2)13-11-17/h10-13,16,19-21,37H,3-9,14-15H2,1-2H3,(H,27,34)(H,28,35)(H,29,33)(H,30,32)/t16-,19-,20+,21+/m0/s1. The monoisotopic (exact) mass is 531 g/mol. The van der Waals surface area contributed by atoms with Crippen molar-refractivity contribution in [3.05, 3.63) is 29.8 Å². The summed E-state index contributed by atoms with van der Waals surface area (Å²) in [4.78, 5) is 65.6. The maximum absolute atomic E-state index is 13.4. The number of benzene rings is 1. The van der Waals surface area contributed by atoms with Gasteiger partial charge in [0.1, 0.15) is 29.9 Å². The van der Waals surface area contributed by atoms with Gasteiger partial charge >= 0.3 is 0 Å². The zero-order chi connectivity index (χ0) is 27.7. The van der Waals surface area contributed by atoms with Gasteiger partial charge in [0.2, 0.25) is 29.5 Å². The van der Waals surface area contributed by atoms with Crippen LogP contribution in [0.3, 0.4) is 0 Å². The highest BCUT2D eigenvalue weighted by atomic mass is 16.5. The first-order valence-electron chi connectivity index (χ1n) is 13.0. The molecule has 2 aliphatic heterocycles. The Morgan fingerprint density at radius 3 is 2.37 bits per heavy atom. The summed E-state index contributed by atoms with van der Waals surface area (Å²) in [6, 6.07) is 3.62. The maximum atomic E-state index is 13.4. The summed E-state index contributed by atoms with van der Waals surface area (Å²) in [5.41, 5.74) is 2.36. The van der Waals surface area contributed by atoms with Gasteiger partial charge in [-0.2, -0.15) is 0 Å². The number of hydrogen-bond donors (Lipinski definition) is 5. The third kappa shape index (κ3) is 7.67. The third-order valence-electron chi connectivity index (χ3n) is 6.95. The van der Waals surface area contributed by atoms with Gasteiger partial charge in [-0.25, -0.2) is 5.48 Å². The first kappa shape index (κ1) is 28.9. The van der Waals surface area contributed by atoms with Crippen molar-refractivity contribution in [3.63, 3.8) is 0 Å². The molecule has 5 N–H and O–H groups in total. The van der Waals surface area contributed by atoms with Crippen LogP contribution in [0.2, 0.25) is 0 Å². The second kappa shape index (κ2) is 13.8. The van der Waals surface area contributed by atoms with Crippen molar-refractivity contribution in [1.29, 1.82) is 0 Å². The molecule has 0 aromatic heterocycles. The molecular weight excluding hydrogens is 494 g/mol. The van der Waals surface area contributed by atoms with Crippen LogP contribution in [0.5, 0.6) is 5.75 Å². The van der Waals surface area contributed by atoms with E-state index in [0.717, 1.165) is 5.56 Å². The van der Waals surface area contributed by atoms with Crippen molar-refractivity contribution in [1.82, 2.24) is 26.3 Å². The molecule has 12 heteroatoms. The van der Waals surface area contributed by atoms with Gasteiger partial charge in [-0.1, -0.05) is 25.0 Å². The number of hydrogen-bond acceptors (Lipinski definition) is 7. The Labute approximate surface area is 221 Å². The van der Waals surface area contributed by atoms with Crippen molar-refractivity contribution < 1.29 is 33.9 Å². The Kier molecular flexibility index (Phi) is 10.5. The molecular formula is C26H37N5O7. The normalized spacial score (nSPS) is 24.3. The van der Waals surface area contributed by atoms with Crippen molar-refractivity contribution in [2.75, 3.05) is 13.7 Å². The second-order valence-electron chi connectivity index (χ2n) is 9.73. The van der Waals surface area contributed by atoms with Gasteiger partial charge in [0.05, 0.1) is 7.11 Å². The number of rotatable bonds is 9. The molecule has 1 aromatic rings. The SMILES string of the molecule is COc1ccc(C[C@H]2NC(=O)[C@H](CCCCCC(=O)NO)NC(=O)[C@H]3CCCN3C(=O)[C@H](C)NC2=O)cc1. The van der Waals surface area contributed by atoms with Crippen LogP contribution in [0.4, 0.5) is 0 Å². The van der Waals surface area contributed by atoms with E-state index < -0.39 is 47.8 Å². The number of fused-ring (bicyclic) bond motifs is 1. The quantitative estimate of drug-likeness (QED) is 0.172. The first-order valence-corrected chi connectivity index (χ1v) is 13.0. The van der Waals surface area contributed by atoms with Crippen molar-refractivity contribution in [3.8, 4) is 5.75 Å². The lowest BCUT2D eigenvalue weighted by atomic mass is 10.0. The Balaban J connectivity index is 1.80. The van der Waals surface area contributed by atoms with Crippen LogP contribution < -0.4 is 26.2 Å². The Morgan fingerprint density at radius 2 is 1.68 bits per heavy atom. The predicted octanol–water partition coefficient (Wildman–Crippen LogP) is 0.173. The summed E-state index contributed by atoms with van der Waals surface area (Å²) < 4.78 is 5.18. The molecule has 1 aromatic carbocycles. The number of nitrogens with one attached hydrogen (secondary N) is 4. The van der Waals surface area contributed by atoms with E-state index in [1.807, 2.05) is 0 Å². The van der Waals surface area contributed by atoms with Gasteiger partial charge in [-0.3, -0.25) is 29.2 Å². The van der Waals surface area contributed by atoms with Crippen LogP contribution in [0.25, 0.3) is 0 Å². The molecule has 3 rings (SSSR count). The minimum Gasteiger partial charge on any atom is -0.497 e. The van der Waals surface area contributed by atoms with Crippen LogP contribution in [0.1, 0.15) is 57.4 Å². The van der Waals surface area contributed by atoms with E-state index in [0.29, 0.717) is 44.4 Å². The van der Waals surface area contributed by atoms with E-state index in [-0.39, 0.29) is 25.2 Å². The minimum atomic E-state index is -0.979. The molecule has 38 heavy (non-hydrogen) atoms. The van der Waals surface area contributed by atoms with Crippen molar-refractivity contribution in [2.24, 2.45) is 0 Å². The minimum absolute atomic E-state index is 0.140. The van der Waals surface area contributed by atoms with E-state index >= 15 is 0 Å². The molecule has 0 aliphatic carbocycles. The fourth-order valence-electron chi connectivity index (χ4n) is 4.81. The van der Waals surface area contributed by atoms with Crippen LogP contribution in [-0.2, 0) is 30.4 Å². The number of methoxy groups -OCH3 is 1. The molecule has 2 fully saturated rings. The van der Waals surface area contributed by atoms with E-state index in [4.69, 9.17) is 9.94 Å². The van der Waals surface area contributed by atoms with Crippen LogP contribution in [-0.4, -0.2) is 77.5 Å². The molecule has 0 saturated carbocycles. The third-order valence-corrected chi connectivity index (χ3v) is 6.95.